The summed E-state index contributed by atoms with van der Waals surface area (Å²) in [6, 6.07) is 8.09. The Hall–Kier alpha value is -1.40. The van der Waals surface area contributed by atoms with Gasteiger partial charge in [-0.3, -0.25) is 0 Å². The van der Waals surface area contributed by atoms with Crippen LogP contribution in [0.2, 0.25) is 0 Å². The Morgan fingerprint density at radius 2 is 2.05 bits per heavy atom. The van der Waals surface area contributed by atoms with Gasteiger partial charge in [-0.05, 0) is 52.3 Å². The van der Waals surface area contributed by atoms with E-state index in [-0.39, 0.29) is 0 Å². The lowest BCUT2D eigenvalue weighted by molar-refractivity contribution is 0.874. The largest absolute Gasteiger partial charge is 0.333 e. The predicted octanol–water partition coefficient (Wildman–Crippen LogP) is 4.14. The van der Waals surface area contributed by atoms with Crippen molar-refractivity contribution in [3.8, 4) is 0 Å². The van der Waals surface area contributed by atoms with Crippen LogP contribution in [0.5, 0.6) is 0 Å². The maximum Gasteiger partial charge on any atom is 0.172 e. The van der Waals surface area contributed by atoms with Crippen molar-refractivity contribution >= 4 is 38.7 Å². The number of fused-ring (bicyclic) bond motifs is 1. The number of halogens is 1. The van der Waals surface area contributed by atoms with Crippen LogP contribution in [0.15, 0.2) is 39.1 Å². The first-order valence-corrected chi connectivity index (χ1v) is 7.92. The number of aromatic amines is 1. The summed E-state index contributed by atoms with van der Waals surface area (Å²) in [6.45, 7) is 4.11. The minimum absolute atomic E-state index is 0.804. The number of hydrogen-bond donors (Lipinski definition) is 1. The molecule has 0 unspecified atom stereocenters. The van der Waals surface area contributed by atoms with Crippen molar-refractivity contribution in [2.45, 2.75) is 30.5 Å². The Labute approximate surface area is 129 Å². The highest BCUT2D eigenvalue weighted by molar-refractivity contribution is 9.10. The zero-order chi connectivity index (χ0) is 14.1. The third-order valence-electron chi connectivity index (χ3n) is 2.85. The monoisotopic (exact) mass is 348 g/mol. The topological polar surface area (TPSA) is 54.5 Å². The number of aromatic nitrogens is 4. The van der Waals surface area contributed by atoms with Crippen LogP contribution in [0.3, 0.4) is 0 Å². The smallest absolute Gasteiger partial charge is 0.172 e. The van der Waals surface area contributed by atoms with Crippen molar-refractivity contribution in [3.63, 3.8) is 0 Å². The van der Waals surface area contributed by atoms with Gasteiger partial charge in [0.1, 0.15) is 15.5 Å². The number of nitrogens with one attached hydrogen (secondary N) is 1. The molecule has 2 aromatic heterocycles. The van der Waals surface area contributed by atoms with E-state index in [0.717, 1.165) is 38.1 Å². The van der Waals surface area contributed by atoms with Gasteiger partial charge in [0.15, 0.2) is 5.16 Å². The number of imidazole rings is 1. The normalized spacial score (nSPS) is 11.2. The van der Waals surface area contributed by atoms with Crippen LogP contribution in [0.1, 0.15) is 18.3 Å². The summed E-state index contributed by atoms with van der Waals surface area (Å²) >= 11 is 4.93. The molecule has 0 radical (unpaired) electrons. The molecule has 0 aliphatic rings. The number of hydrogen-bond acceptors (Lipinski definition) is 4. The van der Waals surface area contributed by atoms with E-state index in [4.69, 9.17) is 0 Å². The lowest BCUT2D eigenvalue weighted by Gasteiger charge is -2.01. The van der Waals surface area contributed by atoms with Gasteiger partial charge >= 0.3 is 0 Å². The molecule has 102 valence electrons. The summed E-state index contributed by atoms with van der Waals surface area (Å²) in [4.78, 5) is 16.7. The summed E-state index contributed by atoms with van der Waals surface area (Å²) in [5.74, 6) is 0.828. The molecule has 3 rings (SSSR count). The van der Waals surface area contributed by atoms with Crippen LogP contribution in [0.4, 0.5) is 0 Å². The van der Waals surface area contributed by atoms with E-state index in [0.29, 0.717) is 0 Å². The van der Waals surface area contributed by atoms with Crippen molar-refractivity contribution in [2.24, 2.45) is 0 Å². The first kappa shape index (κ1) is 13.6. The van der Waals surface area contributed by atoms with Gasteiger partial charge in [-0.15, -0.1) is 0 Å². The molecule has 4 nitrogen and oxygen atoms in total. The van der Waals surface area contributed by atoms with Crippen LogP contribution in [-0.4, -0.2) is 19.9 Å². The molecule has 0 saturated heterocycles. The molecule has 0 amide bonds. The molecule has 1 aromatic carbocycles. The molecule has 6 heteroatoms. The molecule has 20 heavy (non-hydrogen) atoms. The fraction of sp³-hybridized carbons (Fsp3) is 0.214. The number of benzene rings is 1. The van der Waals surface area contributed by atoms with E-state index in [1.165, 1.54) is 17.3 Å². The van der Waals surface area contributed by atoms with E-state index in [1.54, 1.807) is 0 Å². The average Bonchev–Trinajstić information content (AvgIpc) is 2.79. The SMILES string of the molecule is CCc1nc(Br)cc(Sc2nc3ccc(C)cc3[nH]2)n1. The van der Waals surface area contributed by atoms with Crippen LogP contribution in [0.25, 0.3) is 11.0 Å². The van der Waals surface area contributed by atoms with Crippen molar-refractivity contribution in [2.75, 3.05) is 0 Å². The molecule has 0 atom stereocenters. The van der Waals surface area contributed by atoms with Crippen molar-refractivity contribution in [3.05, 3.63) is 40.3 Å². The van der Waals surface area contributed by atoms with E-state index >= 15 is 0 Å². The first-order chi connectivity index (χ1) is 9.64. The third-order valence-corrected chi connectivity index (χ3v) is 4.06. The highest BCUT2D eigenvalue weighted by Gasteiger charge is 2.08. The quantitative estimate of drug-likeness (QED) is 0.722. The summed E-state index contributed by atoms with van der Waals surface area (Å²) in [5, 5.41) is 1.73. The van der Waals surface area contributed by atoms with Gasteiger partial charge in [-0.1, -0.05) is 13.0 Å². The molecule has 0 saturated carbocycles. The van der Waals surface area contributed by atoms with Gasteiger partial charge in [0, 0.05) is 12.5 Å². The Balaban J connectivity index is 1.94. The van der Waals surface area contributed by atoms with Crippen molar-refractivity contribution in [1.29, 1.82) is 0 Å². The summed E-state index contributed by atoms with van der Waals surface area (Å²) in [5.41, 5.74) is 3.24. The van der Waals surface area contributed by atoms with Gasteiger partial charge in [0.2, 0.25) is 0 Å². The summed E-state index contributed by atoms with van der Waals surface area (Å²) in [7, 11) is 0. The highest BCUT2D eigenvalue weighted by Crippen LogP contribution is 2.27. The second-order valence-corrected chi connectivity index (χ2v) is 6.28. The molecular weight excluding hydrogens is 336 g/mol. The van der Waals surface area contributed by atoms with E-state index < -0.39 is 0 Å². The van der Waals surface area contributed by atoms with Crippen molar-refractivity contribution < 1.29 is 0 Å². The molecule has 0 fully saturated rings. The minimum Gasteiger partial charge on any atom is -0.333 e. The molecule has 0 aliphatic heterocycles. The predicted molar refractivity (Wildman–Crippen MR) is 84.1 cm³/mol. The molecule has 2 heterocycles. The minimum atomic E-state index is 0.804. The van der Waals surface area contributed by atoms with Crippen LogP contribution in [-0.2, 0) is 6.42 Å². The maximum absolute atomic E-state index is 4.57. The molecule has 0 bridgehead atoms. The number of H-pyrrole nitrogens is 1. The summed E-state index contributed by atoms with van der Waals surface area (Å²) < 4.78 is 0.804. The molecule has 1 N–H and O–H groups in total. The van der Waals surface area contributed by atoms with Gasteiger partial charge in [0.05, 0.1) is 11.0 Å². The third kappa shape index (κ3) is 2.86. The second kappa shape index (κ2) is 5.54. The molecule has 0 aliphatic carbocycles. The zero-order valence-corrected chi connectivity index (χ0v) is 13.5. The second-order valence-electron chi connectivity index (χ2n) is 4.46. The number of nitrogens with zero attached hydrogens (tertiary/aromatic N) is 3. The van der Waals surface area contributed by atoms with E-state index in [9.17, 15) is 0 Å². The van der Waals surface area contributed by atoms with Crippen LogP contribution < -0.4 is 0 Å². The molecule has 3 aromatic rings. The lowest BCUT2D eigenvalue weighted by atomic mass is 10.2. The first-order valence-electron chi connectivity index (χ1n) is 6.31. The van der Waals surface area contributed by atoms with Crippen molar-refractivity contribution in [1.82, 2.24) is 19.9 Å². The van der Waals surface area contributed by atoms with Crippen LogP contribution >= 0.6 is 27.7 Å². The Morgan fingerprint density at radius 1 is 1.20 bits per heavy atom. The molecule has 0 spiro atoms. The van der Waals surface area contributed by atoms with Gasteiger partial charge in [-0.2, -0.15) is 0 Å². The van der Waals surface area contributed by atoms with E-state index in [2.05, 4.69) is 54.9 Å². The van der Waals surface area contributed by atoms with E-state index in [1.807, 2.05) is 19.1 Å². The lowest BCUT2D eigenvalue weighted by Crippen LogP contribution is -1.94. The Morgan fingerprint density at radius 3 is 2.85 bits per heavy atom. The maximum atomic E-state index is 4.57. The average molecular weight is 349 g/mol. The Kier molecular flexibility index (Phi) is 3.76. The number of aryl methyl sites for hydroxylation is 2. The molecular formula is C14H13BrN4S. The standard InChI is InChI=1S/C14H13BrN4S/c1-3-12-18-11(15)7-13(19-12)20-14-16-9-5-4-8(2)6-10(9)17-14/h4-7H,3H2,1-2H3,(H,16,17). The Bertz CT molecular complexity index is 769. The summed E-state index contributed by atoms with van der Waals surface area (Å²) in [6.07, 6.45) is 0.812. The highest BCUT2D eigenvalue weighted by atomic mass is 79.9. The fourth-order valence-electron chi connectivity index (χ4n) is 1.90. The van der Waals surface area contributed by atoms with Gasteiger partial charge < -0.3 is 4.98 Å². The van der Waals surface area contributed by atoms with Gasteiger partial charge in [-0.25, -0.2) is 15.0 Å². The zero-order valence-electron chi connectivity index (χ0n) is 11.1. The number of rotatable bonds is 3. The fourth-order valence-corrected chi connectivity index (χ4v) is 3.30. The van der Waals surface area contributed by atoms with Gasteiger partial charge in [0.25, 0.3) is 0 Å². The van der Waals surface area contributed by atoms with Crippen LogP contribution in [0, 0.1) is 6.92 Å².